The predicted octanol–water partition coefficient (Wildman–Crippen LogP) is 4.50. The van der Waals surface area contributed by atoms with Crippen LogP contribution in [0.3, 0.4) is 0 Å². The highest BCUT2D eigenvalue weighted by Crippen LogP contribution is 2.26. The number of carbonyl (C=O) groups excluding carboxylic acids is 2. The molecule has 3 rings (SSSR count). The molecular weight excluding hydrogens is 340 g/mol. The van der Waals surface area contributed by atoms with Crippen LogP contribution in [0.2, 0.25) is 5.02 Å². The van der Waals surface area contributed by atoms with Gasteiger partial charge in [0, 0.05) is 16.7 Å². The monoisotopic (exact) mass is 352 g/mol. The maximum atomic E-state index is 12.4. The summed E-state index contributed by atoms with van der Waals surface area (Å²) in [7, 11) is 0. The lowest BCUT2D eigenvalue weighted by Crippen LogP contribution is -2.08. The number of phenols is 1. The fraction of sp³-hybridized carbons (Fsp3) is 0. The number of aromatic hydroxyl groups is 1. The van der Waals surface area contributed by atoms with E-state index in [-0.39, 0.29) is 22.8 Å². The van der Waals surface area contributed by atoms with Crippen molar-refractivity contribution >= 4 is 23.4 Å². The molecule has 0 radical (unpaired) electrons. The van der Waals surface area contributed by atoms with E-state index in [1.165, 1.54) is 30.3 Å². The van der Waals surface area contributed by atoms with E-state index in [2.05, 4.69) is 0 Å². The van der Waals surface area contributed by atoms with Gasteiger partial charge >= 0.3 is 5.97 Å². The summed E-state index contributed by atoms with van der Waals surface area (Å²) in [4.78, 5) is 24.4. The van der Waals surface area contributed by atoms with Crippen LogP contribution in [0, 0.1) is 0 Å². The van der Waals surface area contributed by atoms with Crippen LogP contribution in [0.15, 0.2) is 72.8 Å². The Kier molecular flexibility index (Phi) is 4.82. The second-order valence-electron chi connectivity index (χ2n) is 5.27. The number of hydrogen-bond acceptors (Lipinski definition) is 4. The number of benzene rings is 3. The molecule has 0 saturated heterocycles. The molecule has 3 aromatic carbocycles. The van der Waals surface area contributed by atoms with Crippen LogP contribution in [0.4, 0.5) is 0 Å². The summed E-state index contributed by atoms with van der Waals surface area (Å²) >= 11 is 5.78. The maximum absolute atomic E-state index is 12.4. The summed E-state index contributed by atoms with van der Waals surface area (Å²) in [6.45, 7) is 0. The van der Waals surface area contributed by atoms with Gasteiger partial charge in [0.2, 0.25) is 0 Å². The number of phenolic OH excluding ortho intramolecular Hbond substituents is 1. The largest absolute Gasteiger partial charge is 0.507 e. The number of ether oxygens (including phenoxy) is 1. The topological polar surface area (TPSA) is 63.6 Å². The summed E-state index contributed by atoms with van der Waals surface area (Å²) in [5.41, 5.74) is 0.925. The first-order valence-electron chi connectivity index (χ1n) is 7.45. The van der Waals surface area contributed by atoms with Gasteiger partial charge < -0.3 is 9.84 Å². The lowest BCUT2D eigenvalue weighted by Gasteiger charge is -2.08. The van der Waals surface area contributed by atoms with Gasteiger partial charge in [0.05, 0.1) is 11.1 Å². The molecular formula is C20H13ClO4. The highest BCUT2D eigenvalue weighted by atomic mass is 35.5. The molecule has 0 amide bonds. The van der Waals surface area contributed by atoms with E-state index >= 15 is 0 Å². The number of carbonyl (C=O) groups is 2. The minimum Gasteiger partial charge on any atom is -0.507 e. The Balaban J connectivity index is 1.79. The molecule has 0 heterocycles. The number of ketones is 1. The van der Waals surface area contributed by atoms with Crippen molar-refractivity contribution in [1.82, 2.24) is 0 Å². The van der Waals surface area contributed by atoms with Gasteiger partial charge in [0.25, 0.3) is 0 Å². The van der Waals surface area contributed by atoms with Crippen molar-refractivity contribution in [3.8, 4) is 11.5 Å². The first-order chi connectivity index (χ1) is 12.0. The first kappa shape index (κ1) is 16.7. The van der Waals surface area contributed by atoms with Gasteiger partial charge in [-0.3, -0.25) is 4.79 Å². The first-order valence-corrected chi connectivity index (χ1v) is 7.83. The van der Waals surface area contributed by atoms with Crippen LogP contribution in [0.5, 0.6) is 11.5 Å². The number of hydrogen-bond donors (Lipinski definition) is 1. The molecule has 0 aliphatic heterocycles. The maximum Gasteiger partial charge on any atom is 0.343 e. The van der Waals surface area contributed by atoms with Crippen molar-refractivity contribution in [1.29, 1.82) is 0 Å². The minimum absolute atomic E-state index is 0.137. The zero-order valence-electron chi connectivity index (χ0n) is 13.0. The SMILES string of the molecule is O=C(Oc1ccc(C(=O)c2ccccc2)c(O)c1)c1ccc(Cl)cc1. The Morgan fingerprint density at radius 2 is 1.52 bits per heavy atom. The fourth-order valence-corrected chi connectivity index (χ4v) is 2.39. The predicted molar refractivity (Wildman–Crippen MR) is 94.4 cm³/mol. The molecule has 0 fully saturated rings. The average Bonchev–Trinajstić information content (AvgIpc) is 2.62. The highest BCUT2D eigenvalue weighted by Gasteiger charge is 2.15. The van der Waals surface area contributed by atoms with Gasteiger partial charge in [-0.15, -0.1) is 0 Å². The lowest BCUT2D eigenvalue weighted by atomic mass is 10.0. The van der Waals surface area contributed by atoms with E-state index in [4.69, 9.17) is 16.3 Å². The van der Waals surface area contributed by atoms with Crippen LogP contribution < -0.4 is 4.74 Å². The standard InChI is InChI=1S/C20H13ClO4/c21-15-8-6-14(7-9-15)20(24)25-16-10-11-17(18(22)12-16)19(23)13-4-2-1-3-5-13/h1-12,22H. The smallest absolute Gasteiger partial charge is 0.343 e. The molecule has 0 bridgehead atoms. The van der Waals surface area contributed by atoms with Crippen LogP contribution in [-0.2, 0) is 0 Å². The molecule has 124 valence electrons. The van der Waals surface area contributed by atoms with Crippen LogP contribution in [-0.4, -0.2) is 16.9 Å². The third-order valence-electron chi connectivity index (χ3n) is 3.54. The number of rotatable bonds is 4. The van der Waals surface area contributed by atoms with Crippen LogP contribution >= 0.6 is 11.6 Å². The Labute approximate surface area is 149 Å². The van der Waals surface area contributed by atoms with Gasteiger partial charge in [0.1, 0.15) is 11.5 Å². The van der Waals surface area contributed by atoms with E-state index in [1.807, 2.05) is 0 Å². The summed E-state index contributed by atoms with van der Waals surface area (Å²) in [5, 5.41) is 10.6. The zero-order chi connectivity index (χ0) is 17.8. The van der Waals surface area contributed by atoms with Crippen LogP contribution in [0.25, 0.3) is 0 Å². The van der Waals surface area contributed by atoms with Crippen molar-refractivity contribution in [2.45, 2.75) is 0 Å². The second-order valence-corrected chi connectivity index (χ2v) is 5.71. The van der Waals surface area contributed by atoms with Crippen LogP contribution in [0.1, 0.15) is 26.3 Å². The average molecular weight is 353 g/mol. The molecule has 5 heteroatoms. The van der Waals surface area contributed by atoms with E-state index in [1.54, 1.807) is 42.5 Å². The zero-order valence-corrected chi connectivity index (χ0v) is 13.7. The van der Waals surface area contributed by atoms with Crippen molar-refractivity contribution in [3.63, 3.8) is 0 Å². The fourth-order valence-electron chi connectivity index (χ4n) is 2.26. The molecule has 0 aromatic heterocycles. The van der Waals surface area contributed by atoms with Gasteiger partial charge in [-0.05, 0) is 36.4 Å². The third-order valence-corrected chi connectivity index (χ3v) is 3.79. The van der Waals surface area contributed by atoms with Crippen molar-refractivity contribution in [2.24, 2.45) is 0 Å². The summed E-state index contributed by atoms with van der Waals surface area (Å²) in [5.74, 6) is -1.01. The molecule has 0 saturated carbocycles. The van der Waals surface area contributed by atoms with Crippen molar-refractivity contribution in [2.75, 3.05) is 0 Å². The quantitative estimate of drug-likeness (QED) is 0.426. The molecule has 3 aromatic rings. The molecule has 1 N–H and O–H groups in total. The Morgan fingerprint density at radius 3 is 2.16 bits per heavy atom. The third kappa shape index (κ3) is 3.87. The Hall–Kier alpha value is -3.11. The molecule has 25 heavy (non-hydrogen) atoms. The number of esters is 1. The van der Waals surface area contributed by atoms with Crippen molar-refractivity contribution in [3.05, 3.63) is 94.5 Å². The second kappa shape index (κ2) is 7.20. The summed E-state index contributed by atoms with van der Waals surface area (Å²) < 4.78 is 5.21. The normalized spacial score (nSPS) is 10.3. The molecule has 0 aliphatic rings. The van der Waals surface area contributed by atoms with Gasteiger partial charge in [-0.2, -0.15) is 0 Å². The molecule has 0 aliphatic carbocycles. The Morgan fingerprint density at radius 1 is 0.840 bits per heavy atom. The van der Waals surface area contributed by atoms with E-state index in [0.29, 0.717) is 16.1 Å². The Bertz CT molecular complexity index is 918. The number of halogens is 1. The van der Waals surface area contributed by atoms with Gasteiger partial charge in [-0.1, -0.05) is 41.9 Å². The molecule has 0 spiro atoms. The molecule has 4 nitrogen and oxygen atoms in total. The van der Waals surface area contributed by atoms with Gasteiger partial charge in [0.15, 0.2) is 5.78 Å². The summed E-state index contributed by atoms with van der Waals surface area (Å²) in [6.07, 6.45) is 0. The minimum atomic E-state index is -0.585. The van der Waals surface area contributed by atoms with E-state index in [9.17, 15) is 14.7 Å². The van der Waals surface area contributed by atoms with E-state index < -0.39 is 5.97 Å². The summed E-state index contributed by atoms with van der Waals surface area (Å²) in [6, 6.07) is 19.0. The highest BCUT2D eigenvalue weighted by molar-refractivity contribution is 6.30. The van der Waals surface area contributed by atoms with E-state index in [0.717, 1.165) is 0 Å². The van der Waals surface area contributed by atoms with Crippen molar-refractivity contribution < 1.29 is 19.4 Å². The molecule has 0 atom stereocenters. The lowest BCUT2D eigenvalue weighted by molar-refractivity contribution is 0.0734. The molecule has 0 unspecified atom stereocenters. The van der Waals surface area contributed by atoms with Gasteiger partial charge in [-0.25, -0.2) is 4.79 Å².